The molecular formula is C18H27ClN2O2. The van der Waals surface area contributed by atoms with Gasteiger partial charge in [-0.05, 0) is 45.1 Å². The fourth-order valence-electron chi connectivity index (χ4n) is 2.70. The lowest BCUT2D eigenvalue weighted by atomic mass is 10.1. The summed E-state index contributed by atoms with van der Waals surface area (Å²) >= 11 is 6.11. The molecule has 1 saturated heterocycles. The highest BCUT2D eigenvalue weighted by molar-refractivity contribution is 6.32. The van der Waals surface area contributed by atoms with Crippen LogP contribution in [-0.2, 0) is 4.79 Å². The van der Waals surface area contributed by atoms with Crippen molar-refractivity contribution in [1.82, 2.24) is 10.2 Å². The highest BCUT2D eigenvalue weighted by Crippen LogP contribution is 2.42. The lowest BCUT2D eigenvalue weighted by Crippen LogP contribution is -2.49. The van der Waals surface area contributed by atoms with E-state index in [0.29, 0.717) is 10.8 Å². The Kier molecular flexibility index (Phi) is 6.31. The van der Waals surface area contributed by atoms with E-state index < -0.39 is 5.60 Å². The maximum absolute atomic E-state index is 12.5. The molecule has 4 nitrogen and oxygen atoms in total. The smallest absolute Gasteiger partial charge is 0.264 e. The summed E-state index contributed by atoms with van der Waals surface area (Å²) in [6.45, 7) is 6.06. The molecule has 0 aromatic heterocycles. The highest BCUT2D eigenvalue weighted by Gasteiger charge is 2.53. The molecule has 1 heterocycles. The van der Waals surface area contributed by atoms with Crippen LogP contribution in [0.5, 0.6) is 5.75 Å². The molecule has 0 bridgehead atoms. The van der Waals surface area contributed by atoms with Crippen LogP contribution in [0.1, 0.15) is 39.5 Å². The van der Waals surface area contributed by atoms with E-state index in [1.807, 2.05) is 32.0 Å². The molecule has 1 aromatic carbocycles. The molecule has 1 aromatic rings. The first kappa shape index (κ1) is 18.1. The lowest BCUT2D eigenvalue weighted by molar-refractivity contribution is -0.130. The number of rotatable bonds is 4. The van der Waals surface area contributed by atoms with Gasteiger partial charge in [-0.2, -0.15) is 0 Å². The monoisotopic (exact) mass is 338 g/mol. The van der Waals surface area contributed by atoms with Crippen molar-refractivity contribution in [3.8, 4) is 5.75 Å². The number of piperidine rings is 1. The highest BCUT2D eigenvalue weighted by atomic mass is 35.5. The number of amides is 1. The summed E-state index contributed by atoms with van der Waals surface area (Å²) in [5.74, 6) is 0.604. The van der Waals surface area contributed by atoms with E-state index in [0.717, 1.165) is 38.8 Å². The molecule has 2 aliphatic rings. The quantitative estimate of drug-likeness (QED) is 0.913. The molecule has 23 heavy (non-hydrogen) atoms. The number of likely N-dealkylation sites (tertiary alicyclic amines) is 1. The second-order valence-electron chi connectivity index (χ2n) is 6.08. The summed E-state index contributed by atoms with van der Waals surface area (Å²) in [7, 11) is 2.11. The van der Waals surface area contributed by atoms with E-state index in [-0.39, 0.29) is 11.9 Å². The zero-order valence-corrected chi connectivity index (χ0v) is 15.0. The number of hydrogen-bond donors (Lipinski definition) is 1. The Bertz CT molecular complexity index is 524. The molecule has 1 aliphatic carbocycles. The number of hydrogen-bond acceptors (Lipinski definition) is 3. The minimum absolute atomic E-state index is 0.0111. The van der Waals surface area contributed by atoms with Gasteiger partial charge in [-0.25, -0.2) is 0 Å². The van der Waals surface area contributed by atoms with Gasteiger partial charge in [-0.1, -0.05) is 37.6 Å². The van der Waals surface area contributed by atoms with Gasteiger partial charge in [0.25, 0.3) is 5.91 Å². The predicted molar refractivity (Wildman–Crippen MR) is 94.1 cm³/mol. The van der Waals surface area contributed by atoms with Gasteiger partial charge in [0.2, 0.25) is 0 Å². The molecule has 1 saturated carbocycles. The van der Waals surface area contributed by atoms with Crippen molar-refractivity contribution in [2.45, 2.75) is 51.2 Å². The van der Waals surface area contributed by atoms with Gasteiger partial charge >= 0.3 is 0 Å². The Morgan fingerprint density at radius 3 is 2.43 bits per heavy atom. The van der Waals surface area contributed by atoms with Gasteiger partial charge in [0.05, 0.1) is 5.02 Å². The van der Waals surface area contributed by atoms with Gasteiger partial charge in [-0.3, -0.25) is 4.79 Å². The zero-order valence-electron chi connectivity index (χ0n) is 14.3. The fourth-order valence-corrected chi connectivity index (χ4v) is 2.87. The van der Waals surface area contributed by atoms with Crippen molar-refractivity contribution >= 4 is 17.5 Å². The summed E-state index contributed by atoms with van der Waals surface area (Å²) in [4.78, 5) is 14.8. The average molecular weight is 339 g/mol. The topological polar surface area (TPSA) is 41.6 Å². The van der Waals surface area contributed by atoms with Crippen molar-refractivity contribution in [1.29, 1.82) is 0 Å². The molecule has 0 radical (unpaired) electrons. The molecular weight excluding hydrogens is 312 g/mol. The van der Waals surface area contributed by atoms with E-state index in [4.69, 9.17) is 16.3 Å². The minimum Gasteiger partial charge on any atom is -0.476 e. The van der Waals surface area contributed by atoms with Crippen LogP contribution in [0.3, 0.4) is 0 Å². The summed E-state index contributed by atoms with van der Waals surface area (Å²) in [5.41, 5.74) is -0.700. The number of carbonyl (C=O) groups is 1. The molecule has 0 atom stereocenters. The third-order valence-corrected chi connectivity index (χ3v) is 4.63. The largest absolute Gasteiger partial charge is 0.476 e. The van der Waals surface area contributed by atoms with Crippen molar-refractivity contribution in [3.05, 3.63) is 29.3 Å². The molecule has 5 heteroatoms. The maximum Gasteiger partial charge on any atom is 0.264 e. The van der Waals surface area contributed by atoms with E-state index in [2.05, 4.69) is 17.3 Å². The predicted octanol–water partition coefficient (Wildman–Crippen LogP) is 3.49. The number of nitrogens with zero attached hydrogens (tertiary/aromatic N) is 1. The first-order valence-corrected chi connectivity index (χ1v) is 8.90. The lowest BCUT2D eigenvalue weighted by Gasteiger charge is -2.30. The van der Waals surface area contributed by atoms with E-state index in [1.54, 1.807) is 6.07 Å². The van der Waals surface area contributed by atoms with Crippen LogP contribution in [0.25, 0.3) is 0 Å². The average Bonchev–Trinajstić information content (AvgIpc) is 3.35. The SMILES string of the molecule is CC.CN1CCC(NC(=O)C2(Oc3ccccc3Cl)CC2)CC1. The Balaban J connectivity index is 0.000000924. The van der Waals surface area contributed by atoms with E-state index >= 15 is 0 Å². The van der Waals surface area contributed by atoms with Gasteiger partial charge in [-0.15, -0.1) is 0 Å². The molecule has 1 N–H and O–H groups in total. The fraction of sp³-hybridized carbons (Fsp3) is 0.611. The van der Waals surface area contributed by atoms with Crippen molar-refractivity contribution in [2.24, 2.45) is 0 Å². The Labute approximate surface area is 144 Å². The van der Waals surface area contributed by atoms with Crippen LogP contribution in [0.2, 0.25) is 5.02 Å². The second kappa shape index (κ2) is 8.02. The number of carbonyl (C=O) groups excluding carboxylic acids is 1. The molecule has 1 amide bonds. The number of benzene rings is 1. The third kappa shape index (κ3) is 4.61. The van der Waals surface area contributed by atoms with Crippen molar-refractivity contribution < 1.29 is 9.53 Å². The third-order valence-electron chi connectivity index (χ3n) is 4.31. The van der Waals surface area contributed by atoms with Crippen LogP contribution in [0.4, 0.5) is 0 Å². The zero-order chi connectivity index (χ0) is 16.9. The standard InChI is InChI=1S/C16H21ClN2O2.C2H6/c1-19-10-6-12(7-11-19)18-15(20)16(8-9-16)21-14-5-3-2-4-13(14)17;1-2/h2-5,12H,6-11H2,1H3,(H,18,20);1-2H3. The molecule has 0 unspecified atom stereocenters. The van der Waals surface area contributed by atoms with Crippen LogP contribution >= 0.6 is 11.6 Å². The van der Waals surface area contributed by atoms with Crippen molar-refractivity contribution in [3.63, 3.8) is 0 Å². The number of para-hydroxylation sites is 1. The summed E-state index contributed by atoms with van der Waals surface area (Å²) in [5, 5.41) is 3.70. The minimum atomic E-state index is -0.700. The van der Waals surface area contributed by atoms with Gasteiger partial charge in [0.1, 0.15) is 5.75 Å². The van der Waals surface area contributed by atoms with Gasteiger partial charge in [0.15, 0.2) is 5.60 Å². The molecule has 1 aliphatic heterocycles. The van der Waals surface area contributed by atoms with E-state index in [1.165, 1.54) is 0 Å². The number of ether oxygens (including phenoxy) is 1. The second-order valence-corrected chi connectivity index (χ2v) is 6.48. The molecule has 3 rings (SSSR count). The van der Waals surface area contributed by atoms with Gasteiger partial charge < -0.3 is 15.0 Å². The Morgan fingerprint density at radius 1 is 1.26 bits per heavy atom. The summed E-state index contributed by atoms with van der Waals surface area (Å²) in [6.07, 6.45) is 3.53. The number of nitrogens with one attached hydrogen (secondary N) is 1. The Morgan fingerprint density at radius 2 is 1.87 bits per heavy atom. The van der Waals surface area contributed by atoms with E-state index in [9.17, 15) is 4.79 Å². The van der Waals surface area contributed by atoms with Crippen molar-refractivity contribution in [2.75, 3.05) is 20.1 Å². The maximum atomic E-state index is 12.5. The first-order valence-electron chi connectivity index (χ1n) is 8.52. The van der Waals surface area contributed by atoms with Crippen LogP contribution in [-0.4, -0.2) is 42.6 Å². The Hall–Kier alpha value is -1.26. The molecule has 128 valence electrons. The molecule has 2 fully saturated rings. The number of halogens is 1. The van der Waals surface area contributed by atoms with Crippen LogP contribution in [0, 0.1) is 0 Å². The molecule has 0 spiro atoms. The van der Waals surface area contributed by atoms with Crippen LogP contribution < -0.4 is 10.1 Å². The first-order chi connectivity index (χ1) is 11.1. The van der Waals surface area contributed by atoms with Gasteiger partial charge in [0, 0.05) is 18.9 Å². The normalized spacial score (nSPS) is 20.2. The summed E-state index contributed by atoms with van der Waals surface area (Å²) < 4.78 is 5.91. The summed E-state index contributed by atoms with van der Waals surface area (Å²) in [6, 6.07) is 7.58. The van der Waals surface area contributed by atoms with Crippen LogP contribution in [0.15, 0.2) is 24.3 Å².